The van der Waals surface area contributed by atoms with Gasteiger partial charge in [-0.25, -0.2) is 9.59 Å². The smallest absolute Gasteiger partial charge is 0.343 e. The predicted molar refractivity (Wildman–Crippen MR) is 104 cm³/mol. The van der Waals surface area contributed by atoms with E-state index in [0.29, 0.717) is 11.1 Å². The lowest BCUT2D eigenvalue weighted by Gasteiger charge is -2.09. The monoisotopic (exact) mass is 380 g/mol. The van der Waals surface area contributed by atoms with E-state index in [-0.39, 0.29) is 16.5 Å². The number of ether oxygens (including phenoxy) is 2. The molecule has 0 fully saturated rings. The number of halogens is 1. The lowest BCUT2D eigenvalue weighted by molar-refractivity contribution is 0.0719. The maximum atomic E-state index is 12.2. The Hall–Kier alpha value is -3.11. The molecule has 0 aliphatic rings. The fourth-order valence-corrected chi connectivity index (χ4v) is 2.71. The van der Waals surface area contributed by atoms with Gasteiger partial charge in [-0.1, -0.05) is 47.0 Å². The average Bonchev–Trinajstić information content (AvgIpc) is 2.64. The van der Waals surface area contributed by atoms with E-state index >= 15 is 0 Å². The van der Waals surface area contributed by atoms with Crippen LogP contribution in [0.2, 0.25) is 5.02 Å². The van der Waals surface area contributed by atoms with Crippen molar-refractivity contribution < 1.29 is 19.1 Å². The molecule has 0 atom stereocenters. The van der Waals surface area contributed by atoms with E-state index in [9.17, 15) is 9.59 Å². The van der Waals surface area contributed by atoms with Crippen LogP contribution in [-0.2, 0) is 0 Å². The molecule has 0 unspecified atom stereocenters. The highest BCUT2D eigenvalue weighted by Crippen LogP contribution is 2.30. The van der Waals surface area contributed by atoms with Crippen molar-refractivity contribution in [1.82, 2.24) is 0 Å². The van der Waals surface area contributed by atoms with Crippen LogP contribution in [0, 0.1) is 13.8 Å². The number of hydrogen-bond donors (Lipinski definition) is 0. The van der Waals surface area contributed by atoms with Crippen LogP contribution in [0.5, 0.6) is 11.5 Å². The summed E-state index contributed by atoms with van der Waals surface area (Å²) >= 11 is 6.18. The van der Waals surface area contributed by atoms with E-state index < -0.39 is 11.9 Å². The second kappa shape index (κ2) is 8.06. The summed E-state index contributed by atoms with van der Waals surface area (Å²) in [7, 11) is 0. The molecule has 0 amide bonds. The topological polar surface area (TPSA) is 52.6 Å². The standard InChI is InChI=1S/C22H17ClO4/c1-14-5-3-7-16(11-14)21(24)26-18-9-10-20(19(23)13-18)27-22(25)17-8-4-6-15(2)12-17/h3-13H,1-2H3. The van der Waals surface area contributed by atoms with Crippen molar-refractivity contribution in [3.63, 3.8) is 0 Å². The van der Waals surface area contributed by atoms with Gasteiger partial charge >= 0.3 is 11.9 Å². The second-order valence-electron chi connectivity index (χ2n) is 6.11. The van der Waals surface area contributed by atoms with Crippen molar-refractivity contribution in [2.75, 3.05) is 0 Å². The minimum absolute atomic E-state index is 0.172. The Labute approximate surface area is 162 Å². The first kappa shape index (κ1) is 18.7. The van der Waals surface area contributed by atoms with E-state index in [0.717, 1.165) is 11.1 Å². The van der Waals surface area contributed by atoms with Gasteiger partial charge in [0.05, 0.1) is 16.1 Å². The summed E-state index contributed by atoms with van der Waals surface area (Å²) in [4.78, 5) is 24.4. The van der Waals surface area contributed by atoms with Crippen molar-refractivity contribution in [2.45, 2.75) is 13.8 Å². The molecule has 0 bridgehead atoms. The van der Waals surface area contributed by atoms with Gasteiger partial charge < -0.3 is 9.47 Å². The summed E-state index contributed by atoms with van der Waals surface area (Å²) in [5.41, 5.74) is 2.79. The molecule has 0 saturated heterocycles. The highest BCUT2D eigenvalue weighted by molar-refractivity contribution is 6.32. The molecule has 136 valence electrons. The first-order chi connectivity index (χ1) is 12.9. The quantitative estimate of drug-likeness (QED) is 0.449. The Kier molecular flexibility index (Phi) is 5.57. The lowest BCUT2D eigenvalue weighted by atomic mass is 10.1. The van der Waals surface area contributed by atoms with Crippen LogP contribution in [0.25, 0.3) is 0 Å². The fourth-order valence-electron chi connectivity index (χ4n) is 2.50. The molecule has 0 heterocycles. The van der Waals surface area contributed by atoms with E-state index in [1.165, 1.54) is 18.2 Å². The van der Waals surface area contributed by atoms with Crippen molar-refractivity contribution >= 4 is 23.5 Å². The fraction of sp³-hybridized carbons (Fsp3) is 0.0909. The number of rotatable bonds is 4. The van der Waals surface area contributed by atoms with E-state index in [2.05, 4.69) is 0 Å². The summed E-state index contributed by atoms with van der Waals surface area (Å²) < 4.78 is 10.7. The van der Waals surface area contributed by atoms with Crippen molar-refractivity contribution in [3.8, 4) is 11.5 Å². The molecule has 4 nitrogen and oxygen atoms in total. The lowest BCUT2D eigenvalue weighted by Crippen LogP contribution is -2.10. The van der Waals surface area contributed by atoms with Crippen LogP contribution in [-0.4, -0.2) is 11.9 Å². The summed E-state index contributed by atoms with van der Waals surface area (Å²) in [6.45, 7) is 3.78. The Morgan fingerprint density at radius 2 is 1.30 bits per heavy atom. The molecule has 0 aromatic heterocycles. The van der Waals surface area contributed by atoms with Gasteiger partial charge in [0, 0.05) is 6.07 Å². The van der Waals surface area contributed by atoms with Crippen LogP contribution >= 0.6 is 11.6 Å². The van der Waals surface area contributed by atoms with Crippen LogP contribution < -0.4 is 9.47 Å². The number of hydrogen-bond acceptors (Lipinski definition) is 4. The third-order valence-electron chi connectivity index (χ3n) is 3.82. The SMILES string of the molecule is Cc1cccc(C(=O)Oc2ccc(OC(=O)c3cccc(C)c3)c(Cl)c2)c1. The molecule has 0 aliphatic carbocycles. The zero-order chi connectivity index (χ0) is 19.4. The molecule has 27 heavy (non-hydrogen) atoms. The van der Waals surface area contributed by atoms with Gasteiger partial charge in [-0.15, -0.1) is 0 Å². The Morgan fingerprint density at radius 3 is 1.81 bits per heavy atom. The Morgan fingerprint density at radius 1 is 0.741 bits per heavy atom. The second-order valence-corrected chi connectivity index (χ2v) is 6.52. The molecule has 5 heteroatoms. The van der Waals surface area contributed by atoms with Crippen LogP contribution in [0.1, 0.15) is 31.8 Å². The molecule has 0 radical (unpaired) electrons. The molecule has 3 aromatic rings. The van der Waals surface area contributed by atoms with Gasteiger partial charge in [-0.2, -0.15) is 0 Å². The van der Waals surface area contributed by atoms with E-state index in [1.54, 1.807) is 36.4 Å². The Bertz CT molecular complexity index is 1010. The molecular formula is C22H17ClO4. The molecule has 0 N–H and O–H groups in total. The normalized spacial score (nSPS) is 10.3. The number of benzene rings is 3. The van der Waals surface area contributed by atoms with Gasteiger partial charge in [0.25, 0.3) is 0 Å². The minimum Gasteiger partial charge on any atom is -0.423 e. The van der Waals surface area contributed by atoms with Gasteiger partial charge in [0.1, 0.15) is 11.5 Å². The third kappa shape index (κ3) is 4.74. The Balaban J connectivity index is 1.72. The first-order valence-electron chi connectivity index (χ1n) is 8.29. The van der Waals surface area contributed by atoms with Crippen molar-refractivity contribution in [1.29, 1.82) is 0 Å². The minimum atomic E-state index is -0.509. The average molecular weight is 381 g/mol. The number of carbonyl (C=O) groups is 2. The highest BCUT2D eigenvalue weighted by Gasteiger charge is 2.14. The molecule has 0 aliphatic heterocycles. The number of esters is 2. The molecule has 3 rings (SSSR count). The van der Waals surface area contributed by atoms with Gasteiger partial charge in [-0.05, 0) is 50.2 Å². The molecule has 3 aromatic carbocycles. The number of carbonyl (C=O) groups excluding carboxylic acids is 2. The van der Waals surface area contributed by atoms with E-state index in [1.807, 2.05) is 26.0 Å². The summed E-state index contributed by atoms with van der Waals surface area (Å²) in [6.07, 6.45) is 0. The van der Waals surface area contributed by atoms with E-state index in [4.69, 9.17) is 21.1 Å². The van der Waals surface area contributed by atoms with Gasteiger partial charge in [0.15, 0.2) is 0 Å². The van der Waals surface area contributed by atoms with Crippen LogP contribution in [0.3, 0.4) is 0 Å². The van der Waals surface area contributed by atoms with Gasteiger partial charge in [-0.3, -0.25) is 0 Å². The summed E-state index contributed by atoms with van der Waals surface area (Å²) in [6, 6.07) is 18.6. The summed E-state index contributed by atoms with van der Waals surface area (Å²) in [5.74, 6) is -0.537. The summed E-state index contributed by atoms with van der Waals surface area (Å²) in [5, 5.41) is 0.172. The maximum absolute atomic E-state index is 12.2. The zero-order valence-corrected chi connectivity index (χ0v) is 15.6. The molecular weight excluding hydrogens is 364 g/mol. The highest BCUT2D eigenvalue weighted by atomic mass is 35.5. The third-order valence-corrected chi connectivity index (χ3v) is 4.12. The van der Waals surface area contributed by atoms with Crippen LogP contribution in [0.4, 0.5) is 0 Å². The van der Waals surface area contributed by atoms with Gasteiger partial charge in [0.2, 0.25) is 0 Å². The molecule has 0 spiro atoms. The predicted octanol–water partition coefficient (Wildman–Crippen LogP) is 5.40. The molecule has 0 saturated carbocycles. The number of aryl methyl sites for hydroxylation is 2. The van der Waals surface area contributed by atoms with Crippen LogP contribution in [0.15, 0.2) is 66.7 Å². The maximum Gasteiger partial charge on any atom is 0.343 e. The van der Waals surface area contributed by atoms with Crippen molar-refractivity contribution in [2.24, 2.45) is 0 Å². The first-order valence-corrected chi connectivity index (χ1v) is 8.67. The largest absolute Gasteiger partial charge is 0.423 e. The van der Waals surface area contributed by atoms with Crippen molar-refractivity contribution in [3.05, 3.63) is 94.0 Å². The zero-order valence-electron chi connectivity index (χ0n) is 14.9.